The van der Waals surface area contributed by atoms with E-state index in [2.05, 4.69) is 175 Å². The highest BCUT2D eigenvalue weighted by molar-refractivity contribution is 6.12. The van der Waals surface area contributed by atoms with Crippen molar-refractivity contribution < 1.29 is 9.13 Å². The normalized spacial score (nSPS) is 20.0. The minimum Gasteiger partial charge on any atom is -0.336 e. The molecule has 0 bridgehead atoms. The van der Waals surface area contributed by atoms with Crippen molar-refractivity contribution >= 4 is 33.6 Å². The van der Waals surface area contributed by atoms with E-state index in [4.69, 9.17) is 6.58 Å². The van der Waals surface area contributed by atoms with E-state index in [1.807, 2.05) is 0 Å². The van der Waals surface area contributed by atoms with Crippen molar-refractivity contribution in [3.63, 3.8) is 0 Å². The van der Waals surface area contributed by atoms with Crippen LogP contribution < -0.4 is 9.13 Å². The van der Waals surface area contributed by atoms with E-state index >= 15 is 0 Å². The zero-order valence-corrected chi connectivity index (χ0v) is 30.6. The van der Waals surface area contributed by atoms with Crippen LogP contribution in [-0.4, -0.2) is 4.57 Å². The lowest BCUT2D eigenvalue weighted by atomic mass is 9.77. The first-order valence-corrected chi connectivity index (χ1v) is 19.0. The Morgan fingerprint density at radius 3 is 2.48 bits per heavy atom. The predicted octanol–water partition coefficient (Wildman–Crippen LogP) is 11.4. The molecule has 0 amide bonds. The van der Waals surface area contributed by atoms with E-state index < -0.39 is 0 Å². The van der Waals surface area contributed by atoms with Crippen LogP contribution in [0.25, 0.3) is 67.2 Å². The standard InChI is InChI=1S/C49H45N3/c1-31-18-21-44-39-16-10-9-15-38(39)40-20-19-37-28-47-43(41-17-11-14-35-22-24-49(4,5)33(3)52(47)48(35)41)29-42(37)46-27-36(34-12-7-6-8-13-34)23-25-50(46)32(2)26-45(40)51(44)30-31/h6-18,21-25,27-30,33,40,45H,2,19-20,26H2,1,3-5H3/q+2/t33-,40?,45?/m1/s1. The number of fused-ring (bicyclic) bond motifs is 12. The number of aryl methyl sites for hydroxylation is 2. The molecule has 52 heavy (non-hydrogen) atoms. The largest absolute Gasteiger partial charge is 0.336 e. The molecule has 0 saturated carbocycles. The van der Waals surface area contributed by atoms with Crippen molar-refractivity contribution in [1.29, 1.82) is 0 Å². The van der Waals surface area contributed by atoms with Gasteiger partial charge in [0.05, 0.1) is 17.5 Å². The van der Waals surface area contributed by atoms with Crippen LogP contribution in [0.5, 0.6) is 0 Å². The minimum atomic E-state index is 0.00409. The van der Waals surface area contributed by atoms with Crippen molar-refractivity contribution in [3.05, 3.63) is 156 Å². The summed E-state index contributed by atoms with van der Waals surface area (Å²) in [5.74, 6) is 0.350. The van der Waals surface area contributed by atoms with E-state index in [1.54, 1.807) is 0 Å². The Morgan fingerprint density at radius 2 is 1.62 bits per heavy atom. The summed E-state index contributed by atoms with van der Waals surface area (Å²) >= 11 is 0. The van der Waals surface area contributed by atoms with E-state index in [-0.39, 0.29) is 11.5 Å². The summed E-state index contributed by atoms with van der Waals surface area (Å²) in [6.45, 7) is 14.2. The molecule has 0 aliphatic carbocycles. The molecule has 2 unspecified atom stereocenters. The van der Waals surface area contributed by atoms with E-state index in [0.717, 1.165) is 25.0 Å². The molecular formula is C49H45N3+2. The predicted molar refractivity (Wildman–Crippen MR) is 215 cm³/mol. The molecule has 10 rings (SSSR count). The van der Waals surface area contributed by atoms with Crippen LogP contribution in [0.15, 0.2) is 134 Å². The fourth-order valence-corrected chi connectivity index (χ4v) is 9.59. The molecule has 3 nitrogen and oxygen atoms in total. The van der Waals surface area contributed by atoms with Crippen LogP contribution in [0.1, 0.15) is 73.9 Å². The summed E-state index contributed by atoms with van der Waals surface area (Å²) in [6.07, 6.45) is 12.3. The molecule has 4 aromatic carbocycles. The summed E-state index contributed by atoms with van der Waals surface area (Å²) in [6, 6.07) is 41.7. The summed E-state index contributed by atoms with van der Waals surface area (Å²) in [4.78, 5) is 0. The molecular weight excluding hydrogens is 631 g/mol. The Hall–Kier alpha value is -5.54. The number of benzene rings is 4. The van der Waals surface area contributed by atoms with Gasteiger partial charge in [-0.15, -0.1) is 0 Å². The van der Waals surface area contributed by atoms with Crippen LogP contribution in [0.4, 0.5) is 0 Å². The maximum atomic E-state index is 4.87. The van der Waals surface area contributed by atoms with Gasteiger partial charge in [-0.25, -0.2) is 0 Å². The first-order valence-electron chi connectivity index (χ1n) is 19.0. The van der Waals surface area contributed by atoms with E-state index in [1.165, 1.54) is 77.7 Å². The molecule has 3 atom stereocenters. The average Bonchev–Trinajstić information content (AvgIpc) is 3.44. The lowest BCUT2D eigenvalue weighted by molar-refractivity contribution is -0.720. The Labute approximate surface area is 306 Å². The van der Waals surface area contributed by atoms with Gasteiger partial charge in [0.1, 0.15) is 0 Å². The van der Waals surface area contributed by atoms with Crippen molar-refractivity contribution in [2.75, 3.05) is 0 Å². The molecule has 0 saturated heterocycles. The number of para-hydroxylation sites is 1. The van der Waals surface area contributed by atoms with Gasteiger partial charge in [-0.2, -0.15) is 9.13 Å². The van der Waals surface area contributed by atoms with Gasteiger partial charge in [-0.05, 0) is 85.4 Å². The fourth-order valence-electron chi connectivity index (χ4n) is 9.59. The van der Waals surface area contributed by atoms with Gasteiger partial charge in [-0.1, -0.05) is 92.7 Å². The van der Waals surface area contributed by atoms with Crippen molar-refractivity contribution in [2.24, 2.45) is 5.41 Å². The second-order valence-corrected chi connectivity index (χ2v) is 16.1. The molecule has 3 aliphatic rings. The summed E-state index contributed by atoms with van der Waals surface area (Å²) in [5, 5.41) is 2.66. The fraction of sp³-hybridized carbons (Fsp3) is 0.224. The quantitative estimate of drug-likeness (QED) is 0.154. The molecule has 0 N–H and O–H groups in total. The first-order chi connectivity index (χ1) is 25.3. The van der Waals surface area contributed by atoms with Gasteiger partial charge in [0.15, 0.2) is 24.1 Å². The first kappa shape index (κ1) is 31.2. The minimum absolute atomic E-state index is 0.00409. The zero-order chi connectivity index (χ0) is 35.3. The SMILES string of the molecule is C=C1CC2C(CCc3cc4c(cc3-c3cc(-c5ccccc5)cc[n+]31)c1cccc3c1n4[C@H](C)C(C)(C)C=C3)c1ccccc1-c1ccc(C)c[n+]12. The average molecular weight is 676 g/mol. The highest BCUT2D eigenvalue weighted by atomic mass is 15.1. The summed E-state index contributed by atoms with van der Waals surface area (Å²) < 4.78 is 7.63. The Kier molecular flexibility index (Phi) is 6.89. The number of hydrogen-bond acceptors (Lipinski definition) is 0. The molecule has 0 fully saturated rings. The van der Waals surface area contributed by atoms with Crippen LogP contribution >= 0.6 is 0 Å². The molecule has 3 aromatic heterocycles. The second kappa shape index (κ2) is 11.5. The maximum Gasteiger partial charge on any atom is 0.219 e. The Balaban J connectivity index is 1.26. The van der Waals surface area contributed by atoms with Gasteiger partial charge in [0, 0.05) is 63.0 Å². The van der Waals surface area contributed by atoms with Gasteiger partial charge in [-0.3, -0.25) is 0 Å². The van der Waals surface area contributed by atoms with Crippen molar-refractivity contribution in [1.82, 2.24) is 4.57 Å². The number of aromatic nitrogens is 3. The van der Waals surface area contributed by atoms with E-state index in [0.29, 0.717) is 12.0 Å². The maximum absolute atomic E-state index is 4.87. The van der Waals surface area contributed by atoms with Crippen molar-refractivity contribution in [3.8, 4) is 33.6 Å². The van der Waals surface area contributed by atoms with Gasteiger partial charge < -0.3 is 4.57 Å². The van der Waals surface area contributed by atoms with Crippen LogP contribution in [0, 0.1) is 12.3 Å². The van der Waals surface area contributed by atoms with Crippen LogP contribution in [0.2, 0.25) is 0 Å². The monoisotopic (exact) mass is 675 g/mol. The Morgan fingerprint density at radius 1 is 0.788 bits per heavy atom. The van der Waals surface area contributed by atoms with Crippen molar-refractivity contribution in [2.45, 2.75) is 65.0 Å². The van der Waals surface area contributed by atoms with Crippen LogP contribution in [0.3, 0.4) is 0 Å². The molecule has 0 radical (unpaired) electrons. The smallest absolute Gasteiger partial charge is 0.219 e. The second-order valence-electron chi connectivity index (χ2n) is 16.1. The zero-order valence-electron chi connectivity index (χ0n) is 30.6. The number of hydrogen-bond donors (Lipinski definition) is 0. The molecule has 6 heterocycles. The van der Waals surface area contributed by atoms with Gasteiger partial charge >= 0.3 is 0 Å². The number of nitrogens with zero attached hydrogens (tertiary/aromatic N) is 3. The number of rotatable bonds is 1. The summed E-state index contributed by atoms with van der Waals surface area (Å²) in [7, 11) is 0. The number of allylic oxidation sites excluding steroid dienone is 2. The third kappa shape index (κ3) is 4.64. The van der Waals surface area contributed by atoms with E-state index in [9.17, 15) is 0 Å². The topological polar surface area (TPSA) is 12.7 Å². The number of pyridine rings is 2. The third-order valence-electron chi connectivity index (χ3n) is 12.7. The summed E-state index contributed by atoms with van der Waals surface area (Å²) in [5.41, 5.74) is 16.9. The highest BCUT2D eigenvalue weighted by Gasteiger charge is 2.43. The van der Waals surface area contributed by atoms with Gasteiger partial charge in [0.25, 0.3) is 0 Å². The highest BCUT2D eigenvalue weighted by Crippen LogP contribution is 2.48. The third-order valence-corrected chi connectivity index (χ3v) is 12.7. The molecule has 3 aliphatic heterocycles. The van der Waals surface area contributed by atoms with Crippen LogP contribution in [-0.2, 0) is 6.42 Å². The molecule has 0 spiro atoms. The van der Waals surface area contributed by atoms with Gasteiger partial charge in [0.2, 0.25) is 11.4 Å². The molecule has 3 heteroatoms. The lowest BCUT2D eigenvalue weighted by Crippen LogP contribution is -2.49. The Bertz CT molecular complexity index is 2640. The molecule has 254 valence electrons. The lowest BCUT2D eigenvalue weighted by Gasteiger charge is -2.32. The molecule has 7 aromatic rings.